The minimum atomic E-state index is -2.16. The van der Waals surface area contributed by atoms with Crippen molar-refractivity contribution >= 4 is 41.1 Å². The van der Waals surface area contributed by atoms with E-state index < -0.39 is 6.55 Å². The normalized spacial score (nSPS) is 22.4. The van der Waals surface area contributed by atoms with Gasteiger partial charge in [0.25, 0.3) is 11.9 Å². The average molecular weight is 308 g/mol. The third-order valence-electron chi connectivity index (χ3n) is 1.79. The maximum Gasteiger partial charge on any atom is 0.575 e. The summed E-state index contributed by atoms with van der Waals surface area (Å²) >= 11 is 1.95. The van der Waals surface area contributed by atoms with Crippen LogP contribution in [0.4, 0.5) is 0 Å². The highest BCUT2D eigenvalue weighted by molar-refractivity contribution is 14.1. The fourth-order valence-electron chi connectivity index (χ4n) is 1.15. The van der Waals surface area contributed by atoms with E-state index in [2.05, 4.69) is 6.82 Å². The summed E-state index contributed by atoms with van der Waals surface area (Å²) in [6.07, 6.45) is 0.949. The lowest BCUT2D eigenvalue weighted by atomic mass is 9.60. The van der Waals surface area contributed by atoms with Gasteiger partial charge in [-0.3, -0.25) is 9.59 Å². The fraction of sp³-hybridized carbons (Fsp3) is 0.375. The van der Waals surface area contributed by atoms with Gasteiger partial charge in [-0.05, 0) is 13.2 Å². The predicted molar refractivity (Wildman–Crippen MR) is 60.3 cm³/mol. The predicted octanol–water partition coefficient (Wildman–Crippen LogP) is 1.56. The van der Waals surface area contributed by atoms with Gasteiger partial charge < -0.3 is 9.31 Å². The zero-order chi connectivity index (χ0) is 10.6. The summed E-state index contributed by atoms with van der Waals surface area (Å²) in [7, 11) is 0. The Morgan fingerprint density at radius 1 is 1.29 bits per heavy atom. The van der Waals surface area contributed by atoms with Crippen LogP contribution < -0.4 is 0 Å². The van der Waals surface area contributed by atoms with Crippen LogP contribution in [0.2, 0.25) is 0 Å². The molecule has 14 heavy (non-hydrogen) atoms. The van der Waals surface area contributed by atoms with Gasteiger partial charge in [-0.2, -0.15) is 0 Å². The fourth-order valence-corrected chi connectivity index (χ4v) is 1.79. The van der Waals surface area contributed by atoms with Crippen molar-refractivity contribution in [1.29, 1.82) is 0 Å². The van der Waals surface area contributed by atoms with Crippen LogP contribution >= 0.6 is 22.6 Å². The minimum absolute atomic E-state index is 0.239. The van der Waals surface area contributed by atoms with Crippen LogP contribution in [0.1, 0.15) is 19.3 Å². The van der Waals surface area contributed by atoms with Crippen molar-refractivity contribution in [3.8, 4) is 0 Å². The quantitative estimate of drug-likeness (QED) is 0.419. The van der Waals surface area contributed by atoms with E-state index in [0.717, 1.165) is 0 Å². The van der Waals surface area contributed by atoms with Crippen LogP contribution in [-0.4, -0.2) is 18.5 Å². The first-order chi connectivity index (χ1) is 6.56. The number of carbonyl (C=O) groups excluding carboxylic acids is 2. The molecule has 0 aliphatic carbocycles. The third-order valence-corrected chi connectivity index (χ3v) is 2.20. The first-order valence-electron chi connectivity index (χ1n) is 4.29. The lowest BCUT2D eigenvalue weighted by Gasteiger charge is -2.29. The molecule has 0 N–H and O–H groups in total. The van der Waals surface area contributed by atoms with Crippen LogP contribution in [0.5, 0.6) is 0 Å². The minimum Gasteiger partial charge on any atom is -0.613 e. The van der Waals surface area contributed by atoms with E-state index in [1.54, 1.807) is 4.08 Å². The molecule has 0 amide bonds. The van der Waals surface area contributed by atoms with E-state index in [1.165, 1.54) is 5.98 Å². The standard InChI is InChI=1S/C8H10BIO4/c1-9(5-6-10)13-7(11)3-2-4-8(12)14-9/h5-6H,1-4H2/b6-5+. The summed E-state index contributed by atoms with van der Waals surface area (Å²) in [5, 5.41) is 0. The Hall–Kier alpha value is -0.655. The van der Waals surface area contributed by atoms with Crippen molar-refractivity contribution in [2.75, 3.05) is 0 Å². The lowest BCUT2D eigenvalue weighted by Crippen LogP contribution is -2.43. The van der Waals surface area contributed by atoms with Crippen LogP contribution in [-0.2, 0) is 18.9 Å². The summed E-state index contributed by atoms with van der Waals surface area (Å²) in [5.74, 6) is 0.741. The molecule has 1 fully saturated rings. The molecular formula is C8H10BIO4. The van der Waals surface area contributed by atoms with E-state index in [4.69, 9.17) is 9.31 Å². The first kappa shape index (κ1) is 11.4. The van der Waals surface area contributed by atoms with Crippen molar-refractivity contribution < 1.29 is 18.9 Å². The Morgan fingerprint density at radius 2 is 1.79 bits per heavy atom. The molecule has 0 aromatic rings. The van der Waals surface area contributed by atoms with Gasteiger partial charge in [-0.25, -0.2) is 0 Å². The molecule has 0 aromatic carbocycles. The largest absolute Gasteiger partial charge is 0.613 e. The Labute approximate surface area is 96.1 Å². The smallest absolute Gasteiger partial charge is 0.575 e. The molecule has 4 nitrogen and oxygen atoms in total. The van der Waals surface area contributed by atoms with Crippen LogP contribution in [0.25, 0.3) is 0 Å². The molecule has 0 saturated carbocycles. The van der Waals surface area contributed by atoms with Crippen molar-refractivity contribution in [2.45, 2.75) is 19.3 Å². The third kappa shape index (κ3) is 3.24. The Kier molecular flexibility index (Phi) is 3.85. The van der Waals surface area contributed by atoms with Crippen LogP contribution in [0.15, 0.2) is 10.1 Å². The Morgan fingerprint density at radius 3 is 2.21 bits per heavy atom. The van der Waals surface area contributed by atoms with Crippen molar-refractivity contribution in [2.24, 2.45) is 0 Å². The topological polar surface area (TPSA) is 52.6 Å². The zero-order valence-electron chi connectivity index (χ0n) is 7.57. The first-order valence-corrected chi connectivity index (χ1v) is 5.53. The number of carbonyl (C=O) groups is 2. The van der Waals surface area contributed by atoms with Gasteiger partial charge >= 0.3 is 6.55 Å². The second-order valence-electron chi connectivity index (χ2n) is 3.09. The monoisotopic (exact) mass is 308 g/mol. The molecule has 1 heterocycles. The molecular weight excluding hydrogens is 298 g/mol. The molecule has 0 unspecified atom stereocenters. The number of hydrogen-bond donors (Lipinski definition) is 0. The molecule has 0 spiro atoms. The second-order valence-corrected chi connectivity index (χ2v) is 3.81. The Bertz CT molecular complexity index is 259. The Balaban J connectivity index is 2.78. The molecule has 0 bridgehead atoms. The van der Waals surface area contributed by atoms with E-state index in [-0.39, 0.29) is 24.8 Å². The van der Waals surface area contributed by atoms with Gasteiger partial charge in [0.15, 0.2) is 0 Å². The molecule has 76 valence electrons. The summed E-state index contributed by atoms with van der Waals surface area (Å²) in [6.45, 7) is 1.44. The lowest BCUT2D eigenvalue weighted by molar-refractivity contribution is -0.143. The molecule has 1 rings (SSSR count). The van der Waals surface area contributed by atoms with Gasteiger partial charge in [0, 0.05) is 12.8 Å². The van der Waals surface area contributed by atoms with Crippen molar-refractivity contribution in [3.05, 3.63) is 16.9 Å². The highest BCUT2D eigenvalue weighted by Crippen LogP contribution is 2.16. The summed E-state index contributed by atoms with van der Waals surface area (Å²) in [6, 6.07) is 0. The van der Waals surface area contributed by atoms with Crippen molar-refractivity contribution in [1.82, 2.24) is 0 Å². The van der Waals surface area contributed by atoms with Crippen LogP contribution in [0, 0.1) is 6.82 Å². The SMILES string of the molecule is [CH2+][B-]1(/C=C/I)OC(=O)CCCC(=O)O1. The van der Waals surface area contributed by atoms with Gasteiger partial charge in [0.1, 0.15) is 0 Å². The molecule has 1 saturated heterocycles. The zero-order valence-corrected chi connectivity index (χ0v) is 9.73. The van der Waals surface area contributed by atoms with Gasteiger partial charge in [-0.15, -0.1) is 0 Å². The van der Waals surface area contributed by atoms with E-state index in [0.29, 0.717) is 6.42 Å². The van der Waals surface area contributed by atoms with Gasteiger partial charge in [0.05, 0.1) is 0 Å². The van der Waals surface area contributed by atoms with E-state index >= 15 is 0 Å². The summed E-state index contributed by atoms with van der Waals surface area (Å²) in [5.41, 5.74) is 0. The highest BCUT2D eigenvalue weighted by atomic mass is 127. The molecule has 6 heteroatoms. The summed E-state index contributed by atoms with van der Waals surface area (Å²) < 4.78 is 11.6. The van der Waals surface area contributed by atoms with Gasteiger partial charge in [0.2, 0.25) is 0 Å². The molecule has 0 radical (unpaired) electrons. The number of hydrogen-bond acceptors (Lipinski definition) is 4. The van der Waals surface area contributed by atoms with Crippen LogP contribution in [0.3, 0.4) is 0 Å². The van der Waals surface area contributed by atoms with Gasteiger partial charge in [-0.1, -0.05) is 32.6 Å². The second kappa shape index (κ2) is 4.72. The van der Waals surface area contributed by atoms with Crippen molar-refractivity contribution in [3.63, 3.8) is 0 Å². The van der Waals surface area contributed by atoms with E-state index in [1.807, 2.05) is 22.6 Å². The number of rotatable bonds is 1. The molecule has 0 aromatic heterocycles. The molecule has 1 aliphatic heterocycles. The van der Waals surface area contributed by atoms with E-state index in [9.17, 15) is 9.59 Å². The number of halogens is 1. The molecule has 1 aliphatic rings. The summed E-state index contributed by atoms with van der Waals surface area (Å²) in [4.78, 5) is 22.3. The maximum atomic E-state index is 11.2. The highest BCUT2D eigenvalue weighted by Gasteiger charge is 2.37. The maximum absolute atomic E-state index is 11.2. The average Bonchev–Trinajstić information content (AvgIpc) is 2.00. The molecule has 0 atom stereocenters.